The normalized spacial score (nSPS) is 14.8. The molecule has 33 heavy (non-hydrogen) atoms. The summed E-state index contributed by atoms with van der Waals surface area (Å²) in [4.78, 5) is 28.8. The second-order valence-electron chi connectivity index (χ2n) is 8.35. The first kappa shape index (κ1) is 21.6. The molecule has 0 atom stereocenters. The maximum absolute atomic E-state index is 13.2. The van der Waals surface area contributed by atoms with Gasteiger partial charge < -0.3 is 15.0 Å². The number of nitrogens with zero attached hydrogens (tertiary/aromatic N) is 3. The number of H-pyrrole nitrogens is 1. The molecule has 2 aromatic carbocycles. The number of carbonyl (C=O) groups is 1. The number of ether oxygens (including phenoxy) is 1. The van der Waals surface area contributed by atoms with Gasteiger partial charge in [-0.05, 0) is 67.6 Å². The summed E-state index contributed by atoms with van der Waals surface area (Å²) in [6.45, 7) is 5.21. The van der Waals surface area contributed by atoms with Gasteiger partial charge in [0.05, 0.1) is 11.0 Å². The molecule has 9 heteroatoms. The van der Waals surface area contributed by atoms with Crippen LogP contribution in [0.1, 0.15) is 53.0 Å². The highest BCUT2D eigenvalue weighted by molar-refractivity contribution is 6.30. The second-order valence-corrected chi connectivity index (χ2v) is 8.79. The summed E-state index contributed by atoms with van der Waals surface area (Å²) >= 11 is 6.10. The van der Waals surface area contributed by atoms with Crippen molar-refractivity contribution in [2.75, 3.05) is 18.5 Å². The first-order valence-corrected chi connectivity index (χ1v) is 11.4. The van der Waals surface area contributed by atoms with Crippen molar-refractivity contribution in [2.24, 2.45) is 0 Å². The van der Waals surface area contributed by atoms with Gasteiger partial charge in [-0.2, -0.15) is 0 Å². The zero-order chi connectivity index (χ0) is 23.1. The van der Waals surface area contributed by atoms with E-state index in [-0.39, 0.29) is 23.0 Å². The monoisotopic (exact) mass is 465 g/mol. The third kappa shape index (κ3) is 3.89. The molecule has 5 rings (SSSR count). The van der Waals surface area contributed by atoms with Crippen molar-refractivity contribution in [3.63, 3.8) is 0 Å². The van der Waals surface area contributed by atoms with Crippen LogP contribution in [0.2, 0.25) is 5.02 Å². The minimum atomic E-state index is -0.338. The fourth-order valence-corrected chi connectivity index (χ4v) is 4.66. The average Bonchev–Trinajstić information content (AvgIpc) is 3.27. The molecule has 0 saturated carbocycles. The van der Waals surface area contributed by atoms with Gasteiger partial charge in [0.15, 0.2) is 0 Å². The van der Waals surface area contributed by atoms with Crippen molar-refractivity contribution >= 4 is 39.9 Å². The largest absolute Gasteiger partial charge is 0.381 e. The number of aryl methyl sites for hydroxylation is 2. The van der Waals surface area contributed by atoms with Gasteiger partial charge in [-0.3, -0.25) is 14.0 Å². The summed E-state index contributed by atoms with van der Waals surface area (Å²) in [5.41, 5.74) is 4.19. The SMILES string of the molecule is CCc1cc(Cl)ccc1NC(=O)c1cc2[nH]c(=O)c3nnc(C4CCOCC4)n3c2cc1C. The number of nitrogens with one attached hydrogen (secondary N) is 2. The summed E-state index contributed by atoms with van der Waals surface area (Å²) in [5.74, 6) is 0.676. The van der Waals surface area contributed by atoms with Crippen molar-refractivity contribution in [3.8, 4) is 0 Å². The Morgan fingerprint density at radius 2 is 2.03 bits per heavy atom. The molecule has 1 aliphatic rings. The van der Waals surface area contributed by atoms with E-state index in [1.54, 1.807) is 18.2 Å². The number of aromatic amines is 1. The van der Waals surface area contributed by atoms with E-state index < -0.39 is 0 Å². The average molecular weight is 466 g/mol. The van der Waals surface area contributed by atoms with Crippen molar-refractivity contribution < 1.29 is 9.53 Å². The molecule has 1 fully saturated rings. The van der Waals surface area contributed by atoms with Gasteiger partial charge in [0, 0.05) is 35.4 Å². The van der Waals surface area contributed by atoms with Gasteiger partial charge in [-0.1, -0.05) is 18.5 Å². The molecule has 1 saturated heterocycles. The molecule has 1 aliphatic heterocycles. The zero-order valence-electron chi connectivity index (χ0n) is 18.4. The topological polar surface area (TPSA) is 101 Å². The lowest BCUT2D eigenvalue weighted by molar-refractivity contribution is 0.0834. The van der Waals surface area contributed by atoms with Crippen LogP contribution in [0.4, 0.5) is 5.69 Å². The van der Waals surface area contributed by atoms with Crippen molar-refractivity contribution in [1.82, 2.24) is 19.6 Å². The fraction of sp³-hybridized carbons (Fsp3) is 0.333. The first-order valence-electron chi connectivity index (χ1n) is 11.1. The third-order valence-electron chi connectivity index (χ3n) is 6.25. The summed E-state index contributed by atoms with van der Waals surface area (Å²) in [6.07, 6.45) is 2.39. The van der Waals surface area contributed by atoms with Crippen molar-refractivity contribution in [1.29, 1.82) is 0 Å². The highest BCUT2D eigenvalue weighted by Crippen LogP contribution is 2.28. The Bertz CT molecular complexity index is 1440. The smallest absolute Gasteiger partial charge is 0.294 e. The number of anilines is 1. The number of halogens is 1. The molecule has 2 N–H and O–H groups in total. The summed E-state index contributed by atoms with van der Waals surface area (Å²) in [7, 11) is 0. The maximum atomic E-state index is 13.2. The minimum Gasteiger partial charge on any atom is -0.381 e. The lowest BCUT2D eigenvalue weighted by Gasteiger charge is -2.21. The van der Waals surface area contributed by atoms with Gasteiger partial charge >= 0.3 is 0 Å². The van der Waals surface area contributed by atoms with E-state index in [1.807, 2.05) is 30.4 Å². The lowest BCUT2D eigenvalue weighted by atomic mass is 9.99. The molecule has 8 nitrogen and oxygen atoms in total. The number of hydrogen-bond donors (Lipinski definition) is 2. The number of amides is 1. The predicted molar refractivity (Wildman–Crippen MR) is 127 cm³/mol. The summed E-state index contributed by atoms with van der Waals surface area (Å²) in [5, 5.41) is 12.1. The Hall–Kier alpha value is -3.23. The highest BCUT2D eigenvalue weighted by atomic mass is 35.5. The highest BCUT2D eigenvalue weighted by Gasteiger charge is 2.24. The van der Waals surface area contributed by atoms with Crippen LogP contribution >= 0.6 is 11.6 Å². The molecule has 4 aromatic rings. The number of rotatable bonds is 4. The van der Waals surface area contributed by atoms with Crippen LogP contribution in [0.15, 0.2) is 35.1 Å². The van der Waals surface area contributed by atoms with Gasteiger partial charge in [-0.25, -0.2) is 0 Å². The maximum Gasteiger partial charge on any atom is 0.294 e. The van der Waals surface area contributed by atoms with Gasteiger partial charge in [0.2, 0.25) is 5.65 Å². The van der Waals surface area contributed by atoms with Gasteiger partial charge in [-0.15, -0.1) is 10.2 Å². The first-order chi connectivity index (χ1) is 16.0. The van der Waals surface area contributed by atoms with Crippen LogP contribution in [-0.2, 0) is 11.2 Å². The quantitative estimate of drug-likeness (QED) is 0.469. The molecule has 2 aromatic heterocycles. The molecule has 0 unspecified atom stereocenters. The molecular formula is C24H24ClN5O3. The fourth-order valence-electron chi connectivity index (χ4n) is 4.47. The Morgan fingerprint density at radius 1 is 1.24 bits per heavy atom. The van der Waals surface area contributed by atoms with Crippen LogP contribution in [0.25, 0.3) is 16.7 Å². The zero-order valence-corrected chi connectivity index (χ0v) is 19.2. The van der Waals surface area contributed by atoms with Crippen LogP contribution in [0.5, 0.6) is 0 Å². The standard InChI is InChI=1S/C24H24ClN5O3/c1-3-14-11-16(25)4-5-18(14)26-23(31)17-12-19-20(10-13(17)2)30-21(15-6-8-33-9-7-15)28-29-22(30)24(32)27-19/h4-5,10-12,15H,3,6-9H2,1-2H3,(H,26,31)(H,27,32). The van der Waals surface area contributed by atoms with E-state index in [4.69, 9.17) is 16.3 Å². The van der Waals surface area contributed by atoms with E-state index in [2.05, 4.69) is 20.5 Å². The van der Waals surface area contributed by atoms with Crippen molar-refractivity contribution in [2.45, 2.75) is 39.0 Å². The van der Waals surface area contributed by atoms with E-state index in [0.29, 0.717) is 29.3 Å². The number of hydrogen-bond acceptors (Lipinski definition) is 5. The molecule has 3 heterocycles. The Balaban J connectivity index is 1.59. The van der Waals surface area contributed by atoms with Crippen LogP contribution in [-0.4, -0.2) is 38.7 Å². The van der Waals surface area contributed by atoms with Gasteiger partial charge in [0.25, 0.3) is 11.5 Å². The molecule has 0 aliphatic carbocycles. The van der Waals surface area contributed by atoms with E-state index in [0.717, 1.165) is 47.4 Å². The number of fused-ring (bicyclic) bond motifs is 3. The summed E-state index contributed by atoms with van der Waals surface area (Å²) < 4.78 is 7.30. The van der Waals surface area contributed by atoms with Crippen molar-refractivity contribution in [3.05, 3.63) is 68.2 Å². The summed E-state index contributed by atoms with van der Waals surface area (Å²) in [6, 6.07) is 9.03. The lowest BCUT2D eigenvalue weighted by Crippen LogP contribution is -2.19. The van der Waals surface area contributed by atoms with Crippen LogP contribution in [0, 0.1) is 6.92 Å². The number of benzene rings is 2. The molecule has 170 valence electrons. The molecule has 0 radical (unpaired) electrons. The van der Waals surface area contributed by atoms with Gasteiger partial charge in [0.1, 0.15) is 5.82 Å². The molecule has 1 amide bonds. The molecule has 0 bridgehead atoms. The predicted octanol–water partition coefficient (Wildman–Crippen LogP) is 4.24. The van der Waals surface area contributed by atoms with Crippen LogP contribution < -0.4 is 10.9 Å². The van der Waals surface area contributed by atoms with Crippen LogP contribution in [0.3, 0.4) is 0 Å². The number of carbonyl (C=O) groups excluding carboxylic acids is 1. The third-order valence-corrected chi connectivity index (χ3v) is 6.49. The molecular weight excluding hydrogens is 442 g/mol. The van der Waals surface area contributed by atoms with E-state index in [1.165, 1.54) is 0 Å². The number of aromatic nitrogens is 4. The molecule has 0 spiro atoms. The Kier molecular flexibility index (Phi) is 5.64. The second kappa shape index (κ2) is 8.61. The Morgan fingerprint density at radius 3 is 2.79 bits per heavy atom. The van der Waals surface area contributed by atoms with E-state index >= 15 is 0 Å². The van der Waals surface area contributed by atoms with E-state index in [9.17, 15) is 9.59 Å². The minimum absolute atomic E-state index is 0.166. The Labute approximate surface area is 194 Å².